The first-order valence-corrected chi connectivity index (χ1v) is 5.85. The van der Waals surface area contributed by atoms with Crippen molar-refractivity contribution in [3.63, 3.8) is 0 Å². The van der Waals surface area contributed by atoms with E-state index in [1.807, 2.05) is 13.8 Å². The Morgan fingerprint density at radius 3 is 2.80 bits per heavy atom. The lowest BCUT2D eigenvalue weighted by Gasteiger charge is -2.06. The molecule has 0 spiro atoms. The van der Waals surface area contributed by atoms with Crippen molar-refractivity contribution in [2.45, 2.75) is 20.0 Å². The number of hydrogen-bond donors (Lipinski definition) is 3. The fraction of sp³-hybridized carbons (Fsp3) is 0.364. The summed E-state index contributed by atoms with van der Waals surface area (Å²) < 4.78 is 1.44. The van der Waals surface area contributed by atoms with Crippen LogP contribution in [0, 0.1) is 13.8 Å². The van der Waals surface area contributed by atoms with E-state index >= 15 is 0 Å². The van der Waals surface area contributed by atoms with Crippen LogP contribution in [0.2, 0.25) is 0 Å². The number of aryl methyl sites for hydroxylation is 2. The van der Waals surface area contributed by atoms with Gasteiger partial charge in [-0.05, 0) is 19.9 Å². The highest BCUT2D eigenvalue weighted by atomic mass is 16.3. The van der Waals surface area contributed by atoms with Crippen molar-refractivity contribution >= 4 is 17.6 Å². The zero-order valence-corrected chi connectivity index (χ0v) is 11.0. The average Bonchev–Trinajstić information content (AvgIpc) is 2.79. The van der Waals surface area contributed by atoms with E-state index in [-0.39, 0.29) is 12.4 Å². The molecule has 0 aliphatic rings. The van der Waals surface area contributed by atoms with Crippen molar-refractivity contribution in [3.8, 4) is 0 Å². The maximum Gasteiger partial charge on any atom is 0.291 e. The first-order chi connectivity index (χ1) is 9.38. The highest BCUT2D eigenvalue weighted by molar-refractivity contribution is 5.91. The number of rotatable bonds is 4. The Labute approximate surface area is 113 Å². The Balaban J connectivity index is 2.19. The summed E-state index contributed by atoms with van der Waals surface area (Å²) in [4.78, 5) is 30.6. The molecule has 2 rings (SSSR count). The zero-order chi connectivity index (χ0) is 14.9. The summed E-state index contributed by atoms with van der Waals surface area (Å²) in [6.07, 6.45) is -1.45. The summed E-state index contributed by atoms with van der Waals surface area (Å²) >= 11 is 0. The Morgan fingerprint density at radius 1 is 1.45 bits per heavy atom. The molecule has 0 radical (unpaired) electrons. The Kier molecular flexibility index (Phi) is 3.61. The van der Waals surface area contributed by atoms with Crippen LogP contribution in [0.1, 0.15) is 22.0 Å². The smallest absolute Gasteiger partial charge is 0.291 e. The lowest BCUT2D eigenvalue weighted by Crippen LogP contribution is -2.40. The van der Waals surface area contributed by atoms with Gasteiger partial charge in [-0.3, -0.25) is 9.59 Å². The topological polar surface area (TPSA) is 136 Å². The molecule has 9 heteroatoms. The number of aliphatic hydroxyl groups excluding tert-OH is 1. The van der Waals surface area contributed by atoms with Gasteiger partial charge in [-0.25, -0.2) is 9.50 Å². The van der Waals surface area contributed by atoms with Crippen molar-refractivity contribution in [1.82, 2.24) is 24.9 Å². The van der Waals surface area contributed by atoms with Gasteiger partial charge < -0.3 is 16.2 Å². The number of nitrogens with one attached hydrogen (secondary N) is 1. The number of nitrogens with two attached hydrogens (primary N) is 1. The minimum atomic E-state index is -1.45. The van der Waals surface area contributed by atoms with E-state index in [9.17, 15) is 14.7 Å². The molecule has 2 heterocycles. The van der Waals surface area contributed by atoms with Crippen LogP contribution in [-0.2, 0) is 4.79 Å². The van der Waals surface area contributed by atoms with Crippen LogP contribution in [0.15, 0.2) is 6.07 Å². The molecule has 4 N–H and O–H groups in total. The Hall–Kier alpha value is -2.55. The van der Waals surface area contributed by atoms with E-state index in [4.69, 9.17) is 5.73 Å². The first-order valence-electron chi connectivity index (χ1n) is 5.85. The van der Waals surface area contributed by atoms with Gasteiger partial charge in [0.2, 0.25) is 11.7 Å². The Morgan fingerprint density at radius 2 is 2.15 bits per heavy atom. The SMILES string of the molecule is Cc1cc(C)n2nc(C(=O)NCC(O)C(N)=O)nc2n1. The fourth-order valence-electron chi connectivity index (χ4n) is 1.63. The van der Waals surface area contributed by atoms with Gasteiger partial charge in [-0.2, -0.15) is 4.98 Å². The Bertz CT molecular complexity index is 680. The van der Waals surface area contributed by atoms with E-state index in [0.29, 0.717) is 5.78 Å². The molecule has 2 amide bonds. The average molecular weight is 278 g/mol. The number of aliphatic hydroxyl groups is 1. The van der Waals surface area contributed by atoms with Gasteiger partial charge >= 0.3 is 0 Å². The number of aromatic nitrogens is 4. The molecule has 0 aliphatic heterocycles. The summed E-state index contributed by atoms with van der Waals surface area (Å²) in [5.41, 5.74) is 6.42. The monoisotopic (exact) mass is 278 g/mol. The third kappa shape index (κ3) is 2.72. The predicted octanol–water partition coefficient (Wildman–Crippen LogP) is -1.68. The molecule has 0 aromatic carbocycles. The lowest BCUT2D eigenvalue weighted by molar-refractivity contribution is -0.125. The second-order valence-corrected chi connectivity index (χ2v) is 4.31. The van der Waals surface area contributed by atoms with Gasteiger partial charge in [-0.1, -0.05) is 0 Å². The molecule has 20 heavy (non-hydrogen) atoms. The van der Waals surface area contributed by atoms with Crippen LogP contribution < -0.4 is 11.1 Å². The molecule has 1 atom stereocenters. The molecule has 0 fully saturated rings. The van der Waals surface area contributed by atoms with Gasteiger partial charge in [-0.15, -0.1) is 5.10 Å². The molecular formula is C11H14N6O3. The van der Waals surface area contributed by atoms with Crippen LogP contribution in [0.3, 0.4) is 0 Å². The molecule has 0 saturated heterocycles. The van der Waals surface area contributed by atoms with Gasteiger partial charge in [0, 0.05) is 11.4 Å². The van der Waals surface area contributed by atoms with Crippen LogP contribution in [0.5, 0.6) is 0 Å². The highest BCUT2D eigenvalue weighted by Crippen LogP contribution is 2.05. The summed E-state index contributed by atoms with van der Waals surface area (Å²) in [5, 5.41) is 15.5. The number of carbonyl (C=O) groups is 2. The quantitative estimate of drug-likeness (QED) is 0.611. The highest BCUT2D eigenvalue weighted by Gasteiger charge is 2.17. The maximum absolute atomic E-state index is 11.8. The van der Waals surface area contributed by atoms with Crippen molar-refractivity contribution < 1.29 is 14.7 Å². The number of nitrogens with zero attached hydrogens (tertiary/aromatic N) is 4. The van der Waals surface area contributed by atoms with Gasteiger partial charge in [0.1, 0.15) is 6.10 Å². The summed E-state index contributed by atoms with van der Waals surface area (Å²) in [6, 6.07) is 1.81. The second kappa shape index (κ2) is 5.21. The van der Waals surface area contributed by atoms with E-state index in [1.54, 1.807) is 6.07 Å². The maximum atomic E-state index is 11.8. The van der Waals surface area contributed by atoms with Crippen LogP contribution in [-0.4, -0.2) is 49.2 Å². The molecule has 0 bridgehead atoms. The first kappa shape index (κ1) is 13.9. The molecule has 9 nitrogen and oxygen atoms in total. The van der Waals surface area contributed by atoms with E-state index in [2.05, 4.69) is 20.4 Å². The summed E-state index contributed by atoms with van der Waals surface area (Å²) in [6.45, 7) is 3.33. The normalized spacial score (nSPS) is 12.3. The molecule has 0 saturated carbocycles. The van der Waals surface area contributed by atoms with Gasteiger partial charge in [0.15, 0.2) is 0 Å². The van der Waals surface area contributed by atoms with Crippen molar-refractivity contribution in [2.75, 3.05) is 6.54 Å². The van der Waals surface area contributed by atoms with E-state index in [0.717, 1.165) is 11.4 Å². The van der Waals surface area contributed by atoms with E-state index < -0.39 is 17.9 Å². The molecule has 2 aromatic heterocycles. The number of hydrogen-bond acceptors (Lipinski definition) is 6. The van der Waals surface area contributed by atoms with Crippen molar-refractivity contribution in [2.24, 2.45) is 5.73 Å². The molecular weight excluding hydrogens is 264 g/mol. The third-order valence-corrected chi connectivity index (χ3v) is 2.61. The predicted molar refractivity (Wildman–Crippen MR) is 67.8 cm³/mol. The van der Waals surface area contributed by atoms with Gasteiger partial charge in [0.25, 0.3) is 11.7 Å². The molecule has 2 aromatic rings. The van der Waals surface area contributed by atoms with Gasteiger partial charge in [0.05, 0.1) is 6.54 Å². The number of amides is 2. The molecule has 0 aliphatic carbocycles. The second-order valence-electron chi connectivity index (χ2n) is 4.31. The summed E-state index contributed by atoms with van der Waals surface area (Å²) in [7, 11) is 0. The lowest BCUT2D eigenvalue weighted by atomic mass is 10.3. The number of primary amides is 1. The fourth-order valence-corrected chi connectivity index (χ4v) is 1.63. The minimum absolute atomic E-state index is 0.0946. The number of carbonyl (C=O) groups excluding carboxylic acids is 2. The van der Waals surface area contributed by atoms with Crippen molar-refractivity contribution in [1.29, 1.82) is 0 Å². The summed E-state index contributed by atoms with van der Waals surface area (Å²) in [5.74, 6) is -1.32. The molecule has 1 unspecified atom stereocenters. The molecule has 106 valence electrons. The standard InChI is InChI=1S/C11H14N6O3/c1-5-3-6(2)17-11(14-5)15-9(16-17)10(20)13-4-7(18)8(12)19/h3,7,18H,4H2,1-2H3,(H2,12,19)(H,13,20). The number of fused-ring (bicyclic) bond motifs is 1. The van der Waals surface area contributed by atoms with Crippen LogP contribution >= 0.6 is 0 Å². The van der Waals surface area contributed by atoms with Crippen LogP contribution in [0.25, 0.3) is 5.78 Å². The zero-order valence-electron chi connectivity index (χ0n) is 11.0. The van der Waals surface area contributed by atoms with Crippen molar-refractivity contribution in [3.05, 3.63) is 23.3 Å². The van der Waals surface area contributed by atoms with Crippen LogP contribution in [0.4, 0.5) is 0 Å². The third-order valence-electron chi connectivity index (χ3n) is 2.61. The largest absolute Gasteiger partial charge is 0.381 e. The van der Waals surface area contributed by atoms with E-state index in [1.165, 1.54) is 4.52 Å². The minimum Gasteiger partial charge on any atom is -0.381 e.